The molecule has 0 radical (unpaired) electrons. The SMILES string of the molecule is N#CCNC(=O)[C@@H]1CCCC[C@H]1CSc1cccc(F)c1. The zero-order chi connectivity index (χ0) is 15.1. The lowest BCUT2D eigenvalue weighted by molar-refractivity contribution is -0.127. The van der Waals surface area contributed by atoms with Gasteiger partial charge in [-0.1, -0.05) is 18.9 Å². The van der Waals surface area contributed by atoms with Gasteiger partial charge in [0.2, 0.25) is 5.91 Å². The van der Waals surface area contributed by atoms with Crippen LogP contribution < -0.4 is 5.32 Å². The standard InChI is InChI=1S/C16H19FN2OS/c17-13-5-3-6-14(10-13)21-11-12-4-1-2-7-15(12)16(20)19-9-8-18/h3,5-6,10,12,15H,1-2,4,7,9,11H2,(H,19,20)/t12-,15+/m0/s1. The lowest BCUT2D eigenvalue weighted by Crippen LogP contribution is -2.37. The Kier molecular flexibility index (Phi) is 6.06. The zero-order valence-corrected chi connectivity index (χ0v) is 12.7. The van der Waals surface area contributed by atoms with Gasteiger partial charge in [-0.3, -0.25) is 4.79 Å². The first-order valence-corrected chi connectivity index (χ1v) is 8.22. The van der Waals surface area contributed by atoms with Gasteiger partial charge in [0.15, 0.2) is 0 Å². The van der Waals surface area contributed by atoms with E-state index in [0.717, 1.165) is 36.3 Å². The third kappa shape index (κ3) is 4.75. The van der Waals surface area contributed by atoms with E-state index in [9.17, 15) is 9.18 Å². The molecular weight excluding hydrogens is 287 g/mol. The predicted octanol–water partition coefficient (Wildman–Crippen LogP) is 3.36. The first-order chi connectivity index (χ1) is 10.2. The van der Waals surface area contributed by atoms with Gasteiger partial charge in [-0.25, -0.2) is 4.39 Å². The van der Waals surface area contributed by atoms with Gasteiger partial charge in [0.1, 0.15) is 12.4 Å². The second kappa shape index (κ2) is 8.04. The van der Waals surface area contributed by atoms with Crippen LogP contribution in [0.1, 0.15) is 25.7 Å². The summed E-state index contributed by atoms with van der Waals surface area (Å²) in [6.45, 7) is 0.0685. The van der Waals surface area contributed by atoms with E-state index < -0.39 is 0 Å². The summed E-state index contributed by atoms with van der Waals surface area (Å²) in [5.41, 5.74) is 0. The maximum atomic E-state index is 13.2. The smallest absolute Gasteiger partial charge is 0.224 e. The molecule has 0 saturated heterocycles. The van der Waals surface area contributed by atoms with Gasteiger partial charge in [0.05, 0.1) is 6.07 Å². The van der Waals surface area contributed by atoms with Crippen LogP contribution in [-0.4, -0.2) is 18.2 Å². The van der Waals surface area contributed by atoms with Crippen LogP contribution >= 0.6 is 11.8 Å². The molecule has 3 nitrogen and oxygen atoms in total. The normalized spacial score (nSPS) is 21.5. The van der Waals surface area contributed by atoms with E-state index in [1.165, 1.54) is 12.1 Å². The molecular formula is C16H19FN2OS. The van der Waals surface area contributed by atoms with E-state index in [1.807, 2.05) is 12.1 Å². The van der Waals surface area contributed by atoms with Crippen LogP contribution in [0.3, 0.4) is 0 Å². The summed E-state index contributed by atoms with van der Waals surface area (Å²) in [5, 5.41) is 11.2. The van der Waals surface area contributed by atoms with Gasteiger partial charge in [0, 0.05) is 16.6 Å². The van der Waals surface area contributed by atoms with Crippen molar-refractivity contribution in [2.24, 2.45) is 11.8 Å². The highest BCUT2D eigenvalue weighted by atomic mass is 32.2. The molecule has 0 aliphatic heterocycles. The fourth-order valence-electron chi connectivity index (χ4n) is 2.77. The van der Waals surface area contributed by atoms with E-state index in [2.05, 4.69) is 5.32 Å². The minimum absolute atomic E-state index is 0.0129. The van der Waals surface area contributed by atoms with Gasteiger partial charge < -0.3 is 5.32 Å². The van der Waals surface area contributed by atoms with E-state index in [1.54, 1.807) is 17.8 Å². The van der Waals surface area contributed by atoms with Crippen molar-refractivity contribution >= 4 is 17.7 Å². The molecule has 112 valence electrons. The van der Waals surface area contributed by atoms with E-state index in [0.29, 0.717) is 5.92 Å². The topological polar surface area (TPSA) is 52.9 Å². The molecule has 1 aliphatic rings. The van der Waals surface area contributed by atoms with Gasteiger partial charge in [-0.05, 0) is 37.0 Å². The van der Waals surface area contributed by atoms with Crippen LogP contribution in [-0.2, 0) is 4.79 Å². The molecule has 1 aliphatic carbocycles. The number of carbonyl (C=O) groups excluding carboxylic acids is 1. The highest BCUT2D eigenvalue weighted by Gasteiger charge is 2.30. The molecule has 0 unspecified atom stereocenters. The predicted molar refractivity (Wildman–Crippen MR) is 81.2 cm³/mol. The van der Waals surface area contributed by atoms with Gasteiger partial charge in [-0.15, -0.1) is 11.8 Å². The molecule has 0 spiro atoms. The molecule has 21 heavy (non-hydrogen) atoms. The number of amides is 1. The molecule has 2 atom stereocenters. The molecule has 1 N–H and O–H groups in total. The molecule has 0 bridgehead atoms. The summed E-state index contributed by atoms with van der Waals surface area (Å²) < 4.78 is 13.2. The molecule has 1 aromatic carbocycles. The number of nitriles is 1. The summed E-state index contributed by atoms with van der Waals surface area (Å²) in [4.78, 5) is 13.0. The summed E-state index contributed by atoms with van der Waals surface area (Å²) in [5.74, 6) is 0.848. The van der Waals surface area contributed by atoms with Gasteiger partial charge >= 0.3 is 0 Å². The van der Waals surface area contributed by atoms with Crippen molar-refractivity contribution in [2.75, 3.05) is 12.3 Å². The second-order valence-corrected chi connectivity index (χ2v) is 6.39. The Hall–Kier alpha value is -1.54. The minimum Gasteiger partial charge on any atom is -0.343 e. The molecule has 1 saturated carbocycles. The Morgan fingerprint density at radius 2 is 2.24 bits per heavy atom. The highest BCUT2D eigenvalue weighted by Crippen LogP contribution is 2.34. The fourth-order valence-corrected chi connectivity index (χ4v) is 3.95. The number of rotatable bonds is 5. The van der Waals surface area contributed by atoms with Crippen molar-refractivity contribution in [3.8, 4) is 6.07 Å². The Bertz CT molecular complexity index is 529. The molecule has 0 heterocycles. The maximum absolute atomic E-state index is 13.2. The van der Waals surface area contributed by atoms with E-state index >= 15 is 0 Å². The molecule has 0 aromatic heterocycles. The monoisotopic (exact) mass is 306 g/mol. The summed E-state index contributed by atoms with van der Waals surface area (Å²) >= 11 is 1.60. The van der Waals surface area contributed by atoms with Gasteiger partial charge in [0.25, 0.3) is 0 Å². The number of nitrogens with zero attached hydrogens (tertiary/aromatic N) is 1. The zero-order valence-electron chi connectivity index (χ0n) is 11.8. The number of thioether (sulfide) groups is 1. The maximum Gasteiger partial charge on any atom is 0.224 e. The third-order valence-corrected chi connectivity index (χ3v) is 5.03. The Balaban J connectivity index is 1.92. The summed E-state index contributed by atoms with van der Waals surface area (Å²) in [6.07, 6.45) is 4.10. The van der Waals surface area contributed by atoms with Crippen LogP contribution in [0.5, 0.6) is 0 Å². The number of hydrogen-bond donors (Lipinski definition) is 1. The van der Waals surface area contributed by atoms with E-state index in [4.69, 9.17) is 5.26 Å². The van der Waals surface area contributed by atoms with Crippen LogP contribution in [0.25, 0.3) is 0 Å². The minimum atomic E-state index is -0.230. The van der Waals surface area contributed by atoms with Crippen molar-refractivity contribution in [1.82, 2.24) is 5.32 Å². The van der Waals surface area contributed by atoms with Crippen LogP contribution in [0.15, 0.2) is 29.2 Å². The van der Waals surface area contributed by atoms with Crippen molar-refractivity contribution in [3.63, 3.8) is 0 Å². The number of nitrogens with one attached hydrogen (secondary N) is 1. The average molecular weight is 306 g/mol. The first kappa shape index (κ1) is 15.8. The van der Waals surface area contributed by atoms with Crippen molar-refractivity contribution in [1.29, 1.82) is 5.26 Å². The summed E-state index contributed by atoms with van der Waals surface area (Å²) in [7, 11) is 0. The quantitative estimate of drug-likeness (QED) is 0.670. The van der Waals surface area contributed by atoms with Crippen molar-refractivity contribution in [3.05, 3.63) is 30.1 Å². The molecule has 5 heteroatoms. The number of benzene rings is 1. The van der Waals surface area contributed by atoms with Gasteiger partial charge in [-0.2, -0.15) is 5.26 Å². The summed E-state index contributed by atoms with van der Waals surface area (Å²) in [6, 6.07) is 8.49. The second-order valence-electron chi connectivity index (χ2n) is 5.30. The molecule has 1 fully saturated rings. The number of carbonyl (C=O) groups is 1. The third-order valence-electron chi connectivity index (χ3n) is 3.85. The lowest BCUT2D eigenvalue weighted by atomic mass is 9.80. The van der Waals surface area contributed by atoms with E-state index in [-0.39, 0.29) is 24.2 Å². The fraction of sp³-hybridized carbons (Fsp3) is 0.500. The molecule has 1 amide bonds. The lowest BCUT2D eigenvalue weighted by Gasteiger charge is -2.30. The van der Waals surface area contributed by atoms with Crippen LogP contribution in [0.2, 0.25) is 0 Å². The Morgan fingerprint density at radius 1 is 1.43 bits per heavy atom. The number of hydrogen-bond acceptors (Lipinski definition) is 3. The largest absolute Gasteiger partial charge is 0.343 e. The Labute approximate surface area is 128 Å². The van der Waals surface area contributed by atoms with Crippen LogP contribution in [0, 0.1) is 29.0 Å². The van der Waals surface area contributed by atoms with Crippen molar-refractivity contribution < 1.29 is 9.18 Å². The first-order valence-electron chi connectivity index (χ1n) is 7.23. The Morgan fingerprint density at radius 3 is 3.00 bits per heavy atom. The molecule has 2 rings (SSSR count). The molecule has 1 aromatic rings. The average Bonchev–Trinajstić information content (AvgIpc) is 2.51. The number of halogens is 1. The van der Waals surface area contributed by atoms with Crippen LogP contribution in [0.4, 0.5) is 4.39 Å². The van der Waals surface area contributed by atoms with Crippen molar-refractivity contribution in [2.45, 2.75) is 30.6 Å². The highest BCUT2D eigenvalue weighted by molar-refractivity contribution is 7.99.